The normalized spacial score (nSPS) is 10.9. The first-order valence-corrected chi connectivity index (χ1v) is 4.30. The second-order valence-electron chi connectivity index (χ2n) is 2.82. The zero-order valence-corrected chi connectivity index (χ0v) is 8.27. The molecule has 4 nitrogen and oxygen atoms in total. The molecule has 78 valence electrons. The number of nitrogens with two attached hydrogens (primary N) is 1. The first-order valence-electron chi connectivity index (χ1n) is 4.30. The monoisotopic (exact) mass is 205 g/mol. The summed E-state index contributed by atoms with van der Waals surface area (Å²) in [5.74, 6) is -1.26. The molecule has 0 atom stereocenters. The summed E-state index contributed by atoms with van der Waals surface area (Å²) in [6.07, 6.45) is 1.06. The quantitative estimate of drug-likeness (QED) is 0.584. The number of primary amides is 1. The van der Waals surface area contributed by atoms with Crippen LogP contribution in [0.5, 0.6) is 0 Å². The van der Waals surface area contributed by atoms with Crippen LogP contribution in [0.2, 0.25) is 0 Å². The number of rotatable bonds is 3. The molecule has 0 bridgehead atoms. The number of carbonyl (C=O) groups is 2. The maximum atomic E-state index is 11.3. The van der Waals surface area contributed by atoms with Crippen molar-refractivity contribution in [1.82, 2.24) is 0 Å². The summed E-state index contributed by atoms with van der Waals surface area (Å²) < 4.78 is 4.55. The van der Waals surface area contributed by atoms with Gasteiger partial charge in [0.25, 0.3) is 0 Å². The van der Waals surface area contributed by atoms with Gasteiger partial charge >= 0.3 is 5.97 Å². The molecule has 0 radical (unpaired) electrons. The van der Waals surface area contributed by atoms with E-state index in [4.69, 9.17) is 5.73 Å². The Morgan fingerprint density at radius 2 is 1.87 bits per heavy atom. The minimum Gasteiger partial charge on any atom is -0.465 e. The summed E-state index contributed by atoms with van der Waals surface area (Å²) in [4.78, 5) is 22.1. The lowest BCUT2D eigenvalue weighted by molar-refractivity contribution is -0.133. The summed E-state index contributed by atoms with van der Waals surface area (Å²) in [6.45, 7) is 0. The SMILES string of the molecule is COC(=O)C(=CC(N)=O)c1ccccc1. The third-order valence-electron chi connectivity index (χ3n) is 1.78. The van der Waals surface area contributed by atoms with Crippen molar-refractivity contribution in [3.8, 4) is 0 Å². The smallest absolute Gasteiger partial charge is 0.338 e. The van der Waals surface area contributed by atoms with E-state index >= 15 is 0 Å². The lowest BCUT2D eigenvalue weighted by Crippen LogP contribution is -2.11. The van der Waals surface area contributed by atoms with Gasteiger partial charge in [0.2, 0.25) is 5.91 Å². The second kappa shape index (κ2) is 4.95. The van der Waals surface area contributed by atoms with Gasteiger partial charge in [-0.1, -0.05) is 30.3 Å². The average molecular weight is 205 g/mol. The van der Waals surface area contributed by atoms with Crippen LogP contribution in [0.4, 0.5) is 0 Å². The molecule has 0 unspecified atom stereocenters. The summed E-state index contributed by atoms with van der Waals surface area (Å²) in [5.41, 5.74) is 5.76. The summed E-state index contributed by atoms with van der Waals surface area (Å²) in [7, 11) is 1.25. The van der Waals surface area contributed by atoms with Crippen LogP contribution in [0.3, 0.4) is 0 Å². The number of hydrogen-bond acceptors (Lipinski definition) is 3. The summed E-state index contributed by atoms with van der Waals surface area (Å²) in [6, 6.07) is 8.72. The van der Waals surface area contributed by atoms with Gasteiger partial charge in [0, 0.05) is 6.08 Å². The average Bonchev–Trinajstić information content (AvgIpc) is 2.26. The standard InChI is InChI=1S/C11H11NO3/c1-15-11(14)9(7-10(12)13)8-5-3-2-4-6-8/h2-7H,1H3,(H2,12,13). The van der Waals surface area contributed by atoms with Crippen LogP contribution >= 0.6 is 0 Å². The van der Waals surface area contributed by atoms with Crippen molar-refractivity contribution in [2.75, 3.05) is 7.11 Å². The third-order valence-corrected chi connectivity index (χ3v) is 1.78. The molecule has 0 saturated heterocycles. The first kappa shape index (κ1) is 11.0. The molecular weight excluding hydrogens is 194 g/mol. The van der Waals surface area contributed by atoms with Crippen molar-refractivity contribution in [3.05, 3.63) is 42.0 Å². The van der Waals surface area contributed by atoms with Gasteiger partial charge < -0.3 is 10.5 Å². The minimum absolute atomic E-state index is 0.158. The van der Waals surface area contributed by atoms with Crippen LogP contribution < -0.4 is 5.73 Å². The van der Waals surface area contributed by atoms with Gasteiger partial charge in [-0.05, 0) is 5.56 Å². The van der Waals surface area contributed by atoms with Gasteiger partial charge in [0.05, 0.1) is 12.7 Å². The molecule has 0 aliphatic heterocycles. The van der Waals surface area contributed by atoms with Gasteiger partial charge in [0.1, 0.15) is 0 Å². The molecule has 2 N–H and O–H groups in total. The molecule has 15 heavy (non-hydrogen) atoms. The topological polar surface area (TPSA) is 69.4 Å². The van der Waals surface area contributed by atoms with Crippen molar-refractivity contribution in [1.29, 1.82) is 0 Å². The number of amides is 1. The molecule has 1 aromatic rings. The van der Waals surface area contributed by atoms with E-state index in [1.807, 2.05) is 6.07 Å². The van der Waals surface area contributed by atoms with Crippen LogP contribution in [0.1, 0.15) is 5.56 Å². The van der Waals surface area contributed by atoms with Crippen molar-refractivity contribution >= 4 is 17.4 Å². The summed E-state index contributed by atoms with van der Waals surface area (Å²) in [5, 5.41) is 0. The van der Waals surface area contributed by atoms with Gasteiger partial charge in [-0.25, -0.2) is 4.79 Å². The molecule has 0 fully saturated rings. The number of hydrogen-bond donors (Lipinski definition) is 1. The van der Waals surface area contributed by atoms with Crippen molar-refractivity contribution in [3.63, 3.8) is 0 Å². The molecule has 0 heterocycles. The Bertz CT molecular complexity index is 396. The number of benzene rings is 1. The Balaban J connectivity index is 3.13. The molecule has 1 aromatic carbocycles. The highest BCUT2D eigenvalue weighted by Gasteiger charge is 2.12. The van der Waals surface area contributed by atoms with E-state index in [2.05, 4.69) is 4.74 Å². The highest BCUT2D eigenvalue weighted by atomic mass is 16.5. The Hall–Kier alpha value is -2.10. The number of carbonyl (C=O) groups excluding carboxylic acids is 2. The molecule has 0 spiro atoms. The fraction of sp³-hybridized carbons (Fsp3) is 0.0909. The molecule has 1 rings (SSSR count). The van der Waals surface area contributed by atoms with Gasteiger partial charge in [-0.15, -0.1) is 0 Å². The Morgan fingerprint density at radius 3 is 2.33 bits per heavy atom. The van der Waals surface area contributed by atoms with E-state index in [0.717, 1.165) is 6.08 Å². The fourth-order valence-corrected chi connectivity index (χ4v) is 1.13. The van der Waals surface area contributed by atoms with E-state index in [1.54, 1.807) is 24.3 Å². The molecule has 0 saturated carbocycles. The van der Waals surface area contributed by atoms with Crippen LogP contribution in [-0.2, 0) is 14.3 Å². The Labute approximate surface area is 87.3 Å². The third kappa shape index (κ3) is 2.95. The molecule has 0 aliphatic carbocycles. The van der Waals surface area contributed by atoms with E-state index in [1.165, 1.54) is 7.11 Å². The number of esters is 1. The highest BCUT2D eigenvalue weighted by Crippen LogP contribution is 2.14. The van der Waals surface area contributed by atoms with Gasteiger partial charge in [-0.2, -0.15) is 0 Å². The number of ether oxygens (including phenoxy) is 1. The lowest BCUT2D eigenvalue weighted by Gasteiger charge is -2.04. The second-order valence-corrected chi connectivity index (χ2v) is 2.82. The van der Waals surface area contributed by atoms with Crippen LogP contribution in [0.25, 0.3) is 5.57 Å². The van der Waals surface area contributed by atoms with Crippen molar-refractivity contribution in [2.24, 2.45) is 5.73 Å². The van der Waals surface area contributed by atoms with Crippen LogP contribution in [-0.4, -0.2) is 19.0 Å². The van der Waals surface area contributed by atoms with Gasteiger partial charge in [-0.3, -0.25) is 4.79 Å². The van der Waals surface area contributed by atoms with E-state index < -0.39 is 11.9 Å². The molecule has 0 aliphatic rings. The zero-order valence-electron chi connectivity index (χ0n) is 8.27. The molecule has 1 amide bonds. The predicted molar refractivity (Wildman–Crippen MR) is 55.6 cm³/mol. The lowest BCUT2D eigenvalue weighted by atomic mass is 10.1. The largest absolute Gasteiger partial charge is 0.465 e. The highest BCUT2D eigenvalue weighted by molar-refractivity contribution is 6.20. The van der Waals surface area contributed by atoms with Gasteiger partial charge in [0.15, 0.2) is 0 Å². The molecule has 0 aromatic heterocycles. The predicted octanol–water partition coefficient (Wildman–Crippen LogP) is 0.728. The fourth-order valence-electron chi connectivity index (χ4n) is 1.13. The Morgan fingerprint density at radius 1 is 1.27 bits per heavy atom. The Kier molecular flexibility index (Phi) is 3.62. The zero-order chi connectivity index (χ0) is 11.3. The van der Waals surface area contributed by atoms with E-state index in [0.29, 0.717) is 5.56 Å². The summed E-state index contributed by atoms with van der Waals surface area (Å²) >= 11 is 0. The molecular formula is C11H11NO3. The molecule has 4 heteroatoms. The van der Waals surface area contributed by atoms with Crippen LogP contribution in [0.15, 0.2) is 36.4 Å². The first-order chi connectivity index (χ1) is 7.15. The van der Waals surface area contributed by atoms with Crippen LogP contribution in [0, 0.1) is 0 Å². The maximum Gasteiger partial charge on any atom is 0.338 e. The van der Waals surface area contributed by atoms with Crippen molar-refractivity contribution in [2.45, 2.75) is 0 Å². The minimum atomic E-state index is -0.681. The van der Waals surface area contributed by atoms with E-state index in [9.17, 15) is 9.59 Å². The van der Waals surface area contributed by atoms with Crippen molar-refractivity contribution < 1.29 is 14.3 Å². The number of methoxy groups -OCH3 is 1. The van der Waals surface area contributed by atoms with E-state index in [-0.39, 0.29) is 5.57 Å². The maximum absolute atomic E-state index is 11.3.